The maximum atomic E-state index is 13.3. The van der Waals surface area contributed by atoms with Crippen LogP contribution >= 0.6 is 0 Å². The number of hydrogen-bond donors (Lipinski definition) is 0. The Hall–Kier alpha value is -2.06. The molecule has 0 spiro atoms. The molecule has 2 heterocycles. The predicted octanol–water partition coefficient (Wildman–Crippen LogP) is 6.43. The van der Waals surface area contributed by atoms with Gasteiger partial charge >= 0.3 is 12.4 Å². The van der Waals surface area contributed by atoms with Crippen molar-refractivity contribution in [3.05, 3.63) is 70.8 Å². The van der Waals surface area contributed by atoms with Gasteiger partial charge in [0.2, 0.25) is 0 Å². The molecule has 2 aromatic rings. The number of likely N-dealkylation sites (tertiary alicyclic amines) is 2. The van der Waals surface area contributed by atoms with Crippen LogP contribution in [0.2, 0.25) is 0 Å². The Labute approximate surface area is 190 Å². The van der Waals surface area contributed by atoms with Crippen LogP contribution in [0, 0.1) is 5.92 Å². The molecule has 0 saturated carbocycles. The zero-order chi connectivity index (χ0) is 23.6. The molecule has 33 heavy (non-hydrogen) atoms. The van der Waals surface area contributed by atoms with Gasteiger partial charge in [-0.05, 0) is 61.2 Å². The molecule has 0 radical (unpaired) electrons. The van der Waals surface area contributed by atoms with Crippen molar-refractivity contribution in [3.8, 4) is 0 Å². The van der Waals surface area contributed by atoms with Gasteiger partial charge in [-0.15, -0.1) is 0 Å². The molecule has 0 aromatic heterocycles. The predicted molar refractivity (Wildman–Crippen MR) is 115 cm³/mol. The number of benzene rings is 2. The second kappa shape index (κ2) is 9.66. The SMILES string of the molecule is FC(F)(F)c1ccc(CN2CC(CN3CCCCC3)C(c3cccc(C(F)(F)F)c3)C2)cc1. The summed E-state index contributed by atoms with van der Waals surface area (Å²) < 4.78 is 78.5. The molecule has 0 aliphatic carbocycles. The van der Waals surface area contributed by atoms with Crippen molar-refractivity contribution < 1.29 is 26.3 Å². The van der Waals surface area contributed by atoms with Gasteiger partial charge in [-0.2, -0.15) is 26.3 Å². The van der Waals surface area contributed by atoms with Crippen LogP contribution in [0.4, 0.5) is 26.3 Å². The Kier molecular flexibility index (Phi) is 7.05. The van der Waals surface area contributed by atoms with E-state index >= 15 is 0 Å². The molecule has 2 atom stereocenters. The quantitative estimate of drug-likeness (QED) is 0.465. The first-order chi connectivity index (χ1) is 15.6. The van der Waals surface area contributed by atoms with Gasteiger partial charge < -0.3 is 4.90 Å². The zero-order valence-corrected chi connectivity index (χ0v) is 18.3. The van der Waals surface area contributed by atoms with Crippen LogP contribution in [-0.4, -0.2) is 42.5 Å². The Bertz CT molecular complexity index is 916. The van der Waals surface area contributed by atoms with E-state index in [1.165, 1.54) is 30.7 Å². The lowest BCUT2D eigenvalue weighted by molar-refractivity contribution is -0.138. The van der Waals surface area contributed by atoms with Gasteiger partial charge in [0.05, 0.1) is 11.1 Å². The molecule has 2 saturated heterocycles. The van der Waals surface area contributed by atoms with Crippen molar-refractivity contribution in [1.82, 2.24) is 9.80 Å². The average Bonchev–Trinajstić information content (AvgIpc) is 3.16. The highest BCUT2D eigenvalue weighted by Crippen LogP contribution is 2.38. The third-order valence-corrected chi connectivity index (χ3v) is 6.79. The Morgan fingerprint density at radius 2 is 1.39 bits per heavy atom. The van der Waals surface area contributed by atoms with E-state index in [4.69, 9.17) is 0 Å². The van der Waals surface area contributed by atoms with Crippen molar-refractivity contribution >= 4 is 0 Å². The minimum absolute atomic E-state index is 0.0522. The molecule has 2 aromatic carbocycles. The van der Waals surface area contributed by atoms with Crippen molar-refractivity contribution in [1.29, 1.82) is 0 Å². The molecule has 4 rings (SSSR count). The molecule has 2 nitrogen and oxygen atoms in total. The average molecular weight is 471 g/mol. The molecule has 0 N–H and O–H groups in total. The lowest BCUT2D eigenvalue weighted by Crippen LogP contribution is -2.36. The van der Waals surface area contributed by atoms with Gasteiger partial charge in [-0.25, -0.2) is 0 Å². The van der Waals surface area contributed by atoms with E-state index in [-0.39, 0.29) is 11.8 Å². The fourth-order valence-corrected chi connectivity index (χ4v) is 5.13. The Balaban J connectivity index is 1.52. The molecular weight excluding hydrogens is 442 g/mol. The monoisotopic (exact) mass is 470 g/mol. The van der Waals surface area contributed by atoms with E-state index in [1.54, 1.807) is 6.07 Å². The van der Waals surface area contributed by atoms with E-state index in [0.29, 0.717) is 25.2 Å². The summed E-state index contributed by atoms with van der Waals surface area (Å²) in [6, 6.07) is 10.7. The van der Waals surface area contributed by atoms with Gasteiger partial charge in [0.15, 0.2) is 0 Å². The van der Waals surface area contributed by atoms with E-state index < -0.39 is 23.5 Å². The van der Waals surface area contributed by atoms with Crippen LogP contribution < -0.4 is 0 Å². The molecule has 0 amide bonds. The maximum absolute atomic E-state index is 13.3. The molecule has 2 aliphatic rings. The second-order valence-electron chi connectivity index (χ2n) is 9.24. The van der Waals surface area contributed by atoms with Crippen molar-refractivity contribution in [3.63, 3.8) is 0 Å². The number of halogens is 6. The van der Waals surface area contributed by atoms with E-state index in [9.17, 15) is 26.3 Å². The summed E-state index contributed by atoms with van der Waals surface area (Å²) in [5.74, 6) is 0.115. The first-order valence-corrected chi connectivity index (χ1v) is 11.4. The Morgan fingerprint density at radius 3 is 2.03 bits per heavy atom. The zero-order valence-electron chi connectivity index (χ0n) is 18.3. The Morgan fingerprint density at radius 1 is 0.727 bits per heavy atom. The first kappa shape index (κ1) is 24.1. The summed E-state index contributed by atoms with van der Waals surface area (Å²) in [6.07, 6.45) is -5.29. The van der Waals surface area contributed by atoms with E-state index in [0.717, 1.165) is 56.2 Å². The lowest BCUT2D eigenvalue weighted by Gasteiger charge is -2.31. The largest absolute Gasteiger partial charge is 0.416 e. The summed E-state index contributed by atoms with van der Waals surface area (Å²) in [7, 11) is 0. The number of piperidine rings is 1. The van der Waals surface area contributed by atoms with Crippen molar-refractivity contribution in [2.75, 3.05) is 32.7 Å². The molecule has 180 valence electrons. The third kappa shape index (κ3) is 6.09. The van der Waals surface area contributed by atoms with Gasteiger partial charge in [-0.1, -0.05) is 36.8 Å². The summed E-state index contributed by atoms with van der Waals surface area (Å²) in [5, 5.41) is 0. The van der Waals surface area contributed by atoms with Gasteiger partial charge in [0.25, 0.3) is 0 Å². The summed E-state index contributed by atoms with van der Waals surface area (Å²) in [4.78, 5) is 4.55. The third-order valence-electron chi connectivity index (χ3n) is 6.79. The number of nitrogens with zero attached hydrogens (tertiary/aromatic N) is 2. The molecule has 2 aliphatic heterocycles. The topological polar surface area (TPSA) is 6.48 Å². The van der Waals surface area contributed by atoms with Crippen molar-refractivity contribution in [2.45, 2.75) is 44.1 Å². The summed E-state index contributed by atoms with van der Waals surface area (Å²) in [5.41, 5.74) is 0.126. The van der Waals surface area contributed by atoms with Crippen LogP contribution in [0.25, 0.3) is 0 Å². The smallest absolute Gasteiger partial charge is 0.303 e. The maximum Gasteiger partial charge on any atom is 0.416 e. The van der Waals surface area contributed by atoms with Crippen LogP contribution in [0.3, 0.4) is 0 Å². The van der Waals surface area contributed by atoms with Crippen molar-refractivity contribution in [2.24, 2.45) is 5.92 Å². The van der Waals surface area contributed by atoms with E-state index in [1.807, 2.05) is 0 Å². The number of rotatable bonds is 5. The summed E-state index contributed by atoms with van der Waals surface area (Å²) in [6.45, 7) is 4.60. The highest BCUT2D eigenvalue weighted by atomic mass is 19.4. The van der Waals surface area contributed by atoms with Crippen LogP contribution in [0.5, 0.6) is 0 Å². The fourth-order valence-electron chi connectivity index (χ4n) is 5.13. The van der Waals surface area contributed by atoms with Gasteiger partial charge in [0.1, 0.15) is 0 Å². The van der Waals surface area contributed by atoms with E-state index in [2.05, 4.69) is 9.80 Å². The normalized spacial score (nSPS) is 23.2. The van der Waals surface area contributed by atoms with Crippen LogP contribution in [-0.2, 0) is 18.9 Å². The van der Waals surface area contributed by atoms with Crippen LogP contribution in [0.15, 0.2) is 48.5 Å². The minimum Gasteiger partial charge on any atom is -0.303 e. The number of hydrogen-bond acceptors (Lipinski definition) is 2. The fraction of sp³-hybridized carbons (Fsp3) is 0.520. The summed E-state index contributed by atoms with van der Waals surface area (Å²) >= 11 is 0. The highest BCUT2D eigenvalue weighted by molar-refractivity contribution is 5.30. The van der Waals surface area contributed by atoms with Gasteiger partial charge in [0, 0.05) is 32.1 Å². The molecule has 2 fully saturated rings. The molecule has 2 unspecified atom stereocenters. The first-order valence-electron chi connectivity index (χ1n) is 11.4. The second-order valence-corrected chi connectivity index (χ2v) is 9.24. The molecule has 0 bridgehead atoms. The minimum atomic E-state index is -4.39. The molecular formula is C25H28F6N2. The lowest BCUT2D eigenvalue weighted by atomic mass is 9.87. The standard InChI is InChI=1S/C25H28F6N2/c26-24(27,28)21-9-7-18(8-10-21)14-33-16-20(15-32-11-2-1-3-12-32)23(17-33)19-5-4-6-22(13-19)25(29,30)31/h4-10,13,20,23H,1-3,11-12,14-17H2. The van der Waals surface area contributed by atoms with Gasteiger partial charge in [-0.3, -0.25) is 4.90 Å². The molecule has 8 heteroatoms. The van der Waals surface area contributed by atoms with Crippen LogP contribution in [0.1, 0.15) is 47.4 Å². The number of alkyl halides is 6. The highest BCUT2D eigenvalue weighted by Gasteiger charge is 2.37.